The minimum Gasteiger partial charge on any atom is -0.461 e. The number of rotatable bonds is 6. The van der Waals surface area contributed by atoms with Crippen molar-refractivity contribution in [2.75, 3.05) is 26.2 Å². The van der Waals surface area contributed by atoms with Gasteiger partial charge < -0.3 is 18.2 Å². The Hall–Kier alpha value is -3.46. The van der Waals surface area contributed by atoms with Crippen LogP contribution in [-0.4, -0.2) is 61.4 Å². The molecule has 1 amide bonds. The van der Waals surface area contributed by atoms with Crippen molar-refractivity contribution in [3.8, 4) is 11.6 Å². The lowest BCUT2D eigenvalue weighted by Crippen LogP contribution is -2.48. The third-order valence-electron chi connectivity index (χ3n) is 5.94. The molecule has 9 nitrogen and oxygen atoms in total. The van der Waals surface area contributed by atoms with Crippen LogP contribution >= 0.6 is 0 Å². The van der Waals surface area contributed by atoms with E-state index in [0.717, 1.165) is 44.1 Å². The molecular formula is C23H26N6O3. The minimum absolute atomic E-state index is 0.115. The molecule has 4 aromatic rings. The number of aryl methyl sites for hydroxylation is 3. The molecule has 0 unspecified atom stereocenters. The summed E-state index contributed by atoms with van der Waals surface area (Å²) in [6.45, 7) is 8.09. The molecule has 1 aliphatic rings. The zero-order chi connectivity index (χ0) is 22.1. The molecule has 32 heavy (non-hydrogen) atoms. The number of aromatic nitrogens is 4. The minimum atomic E-state index is 0.115. The summed E-state index contributed by atoms with van der Waals surface area (Å²) in [5.41, 5.74) is 4.47. The Morgan fingerprint density at radius 1 is 1.12 bits per heavy atom. The first-order valence-corrected chi connectivity index (χ1v) is 10.9. The van der Waals surface area contributed by atoms with Crippen LogP contribution in [0.2, 0.25) is 0 Å². The van der Waals surface area contributed by atoms with Crippen molar-refractivity contribution in [1.82, 2.24) is 29.3 Å². The number of hydrogen-bond donors (Lipinski definition) is 0. The molecule has 0 N–H and O–H groups in total. The molecule has 1 saturated heterocycles. The number of nitrogens with zero attached hydrogens (tertiary/aromatic N) is 6. The predicted octanol–water partition coefficient (Wildman–Crippen LogP) is 2.87. The van der Waals surface area contributed by atoms with Crippen molar-refractivity contribution >= 4 is 11.6 Å². The molecule has 0 bridgehead atoms. The first-order valence-electron chi connectivity index (χ1n) is 10.9. The number of pyridine rings is 1. The van der Waals surface area contributed by atoms with Gasteiger partial charge in [-0.15, -0.1) is 0 Å². The van der Waals surface area contributed by atoms with Gasteiger partial charge in [0.1, 0.15) is 5.65 Å². The molecule has 1 aliphatic heterocycles. The SMILES string of the molecule is Cc1ccn2c(CN3CCN(C(=O)CCc4nc(-c5ccco5)no4)CC3)c(C)nc2c1. The molecule has 0 atom stereocenters. The van der Waals surface area contributed by atoms with Gasteiger partial charge in [-0.25, -0.2) is 4.98 Å². The molecule has 166 valence electrons. The van der Waals surface area contributed by atoms with Crippen LogP contribution in [0.15, 0.2) is 45.7 Å². The van der Waals surface area contributed by atoms with Crippen molar-refractivity contribution in [3.05, 3.63) is 59.6 Å². The summed E-state index contributed by atoms with van der Waals surface area (Å²) in [6, 6.07) is 7.75. The van der Waals surface area contributed by atoms with Crippen molar-refractivity contribution in [1.29, 1.82) is 0 Å². The van der Waals surface area contributed by atoms with Crippen molar-refractivity contribution < 1.29 is 13.7 Å². The summed E-state index contributed by atoms with van der Waals surface area (Å²) in [7, 11) is 0. The van der Waals surface area contributed by atoms with Gasteiger partial charge >= 0.3 is 0 Å². The van der Waals surface area contributed by atoms with Crippen LogP contribution < -0.4 is 0 Å². The maximum Gasteiger partial charge on any atom is 0.238 e. The van der Waals surface area contributed by atoms with E-state index in [1.165, 1.54) is 11.3 Å². The highest BCUT2D eigenvalue weighted by Crippen LogP contribution is 2.18. The first kappa shape index (κ1) is 20.4. The van der Waals surface area contributed by atoms with E-state index in [0.29, 0.717) is 30.3 Å². The Morgan fingerprint density at radius 3 is 2.75 bits per heavy atom. The lowest BCUT2D eigenvalue weighted by atomic mass is 10.2. The van der Waals surface area contributed by atoms with Gasteiger partial charge in [0, 0.05) is 51.8 Å². The van der Waals surface area contributed by atoms with Gasteiger partial charge in [-0.1, -0.05) is 5.16 Å². The van der Waals surface area contributed by atoms with E-state index in [1.54, 1.807) is 18.4 Å². The molecule has 0 radical (unpaired) electrons. The molecular weight excluding hydrogens is 408 g/mol. The van der Waals surface area contributed by atoms with Gasteiger partial charge in [0.2, 0.25) is 17.6 Å². The second kappa shape index (κ2) is 8.58. The molecule has 5 rings (SSSR count). The number of carbonyl (C=O) groups excluding carboxylic acids is 1. The Bertz CT molecular complexity index is 1220. The smallest absolute Gasteiger partial charge is 0.238 e. The van der Waals surface area contributed by atoms with E-state index in [9.17, 15) is 4.79 Å². The Kier molecular flexibility index (Phi) is 5.48. The Balaban J connectivity index is 1.13. The number of imidazole rings is 1. The predicted molar refractivity (Wildman–Crippen MR) is 117 cm³/mol. The van der Waals surface area contributed by atoms with E-state index in [2.05, 4.69) is 51.6 Å². The van der Waals surface area contributed by atoms with Crippen LogP contribution in [0.25, 0.3) is 17.2 Å². The average Bonchev–Trinajstić information content (AvgIpc) is 3.53. The lowest BCUT2D eigenvalue weighted by Gasteiger charge is -2.34. The van der Waals surface area contributed by atoms with E-state index in [-0.39, 0.29) is 5.91 Å². The maximum absolute atomic E-state index is 12.7. The van der Waals surface area contributed by atoms with E-state index in [4.69, 9.17) is 13.9 Å². The summed E-state index contributed by atoms with van der Waals surface area (Å²) in [6.07, 6.45) is 4.43. The van der Waals surface area contributed by atoms with E-state index in [1.807, 2.05) is 4.90 Å². The summed E-state index contributed by atoms with van der Waals surface area (Å²) in [4.78, 5) is 26.0. The third-order valence-corrected chi connectivity index (χ3v) is 5.94. The van der Waals surface area contributed by atoms with E-state index < -0.39 is 0 Å². The number of piperazine rings is 1. The van der Waals surface area contributed by atoms with Gasteiger partial charge in [0.05, 0.1) is 17.7 Å². The quantitative estimate of drug-likeness (QED) is 0.461. The highest BCUT2D eigenvalue weighted by atomic mass is 16.5. The van der Waals surface area contributed by atoms with Gasteiger partial charge in [-0.2, -0.15) is 4.98 Å². The number of amides is 1. The summed E-state index contributed by atoms with van der Waals surface area (Å²) in [5.74, 6) is 1.52. The fourth-order valence-corrected chi connectivity index (χ4v) is 4.11. The number of fused-ring (bicyclic) bond motifs is 1. The van der Waals surface area contributed by atoms with Crippen LogP contribution in [0.4, 0.5) is 0 Å². The average molecular weight is 435 g/mol. The van der Waals surface area contributed by atoms with Crippen LogP contribution in [-0.2, 0) is 17.8 Å². The molecule has 9 heteroatoms. The number of furan rings is 1. The zero-order valence-corrected chi connectivity index (χ0v) is 18.3. The van der Waals surface area contributed by atoms with Crippen LogP contribution in [0.5, 0.6) is 0 Å². The molecule has 0 spiro atoms. The van der Waals surface area contributed by atoms with Crippen molar-refractivity contribution in [3.63, 3.8) is 0 Å². The number of hydrogen-bond acceptors (Lipinski definition) is 7. The van der Waals surface area contributed by atoms with Gasteiger partial charge in [-0.05, 0) is 43.7 Å². The molecule has 0 aliphatic carbocycles. The normalized spacial score (nSPS) is 15.0. The van der Waals surface area contributed by atoms with Gasteiger partial charge in [0.25, 0.3) is 0 Å². The second-order valence-electron chi connectivity index (χ2n) is 8.22. The monoisotopic (exact) mass is 434 g/mol. The van der Waals surface area contributed by atoms with Crippen molar-refractivity contribution in [2.45, 2.75) is 33.2 Å². The standard InChI is InChI=1S/C23H26N6O3/c1-16-7-8-29-18(17(2)24-20(29)14-16)15-27-9-11-28(12-10-27)22(30)6-5-21-25-23(26-32-21)19-4-3-13-31-19/h3-4,7-8,13-14H,5-6,9-12,15H2,1-2H3. The third kappa shape index (κ3) is 4.16. The largest absolute Gasteiger partial charge is 0.461 e. The molecule has 5 heterocycles. The summed E-state index contributed by atoms with van der Waals surface area (Å²) >= 11 is 0. The van der Waals surface area contributed by atoms with E-state index >= 15 is 0 Å². The van der Waals surface area contributed by atoms with Crippen molar-refractivity contribution in [2.24, 2.45) is 0 Å². The van der Waals surface area contributed by atoms with Crippen LogP contribution in [0.1, 0.15) is 29.3 Å². The topological polar surface area (TPSA) is 92.9 Å². The Morgan fingerprint density at radius 2 is 1.97 bits per heavy atom. The maximum atomic E-state index is 12.7. The van der Waals surface area contributed by atoms with Gasteiger partial charge in [-0.3, -0.25) is 9.69 Å². The fourth-order valence-electron chi connectivity index (χ4n) is 4.11. The van der Waals surface area contributed by atoms with Gasteiger partial charge in [0.15, 0.2) is 5.76 Å². The fraction of sp³-hybridized carbons (Fsp3) is 0.391. The molecule has 4 aromatic heterocycles. The van der Waals surface area contributed by atoms with Crippen LogP contribution in [0.3, 0.4) is 0 Å². The number of carbonyl (C=O) groups is 1. The lowest BCUT2D eigenvalue weighted by molar-refractivity contribution is -0.133. The second-order valence-corrected chi connectivity index (χ2v) is 8.22. The molecule has 0 saturated carbocycles. The van der Waals surface area contributed by atoms with Crippen LogP contribution in [0, 0.1) is 13.8 Å². The Labute approximate surface area is 185 Å². The zero-order valence-electron chi connectivity index (χ0n) is 18.3. The first-order chi connectivity index (χ1) is 15.6. The highest BCUT2D eigenvalue weighted by Gasteiger charge is 2.23. The summed E-state index contributed by atoms with van der Waals surface area (Å²) in [5, 5.41) is 3.91. The highest BCUT2D eigenvalue weighted by molar-refractivity contribution is 5.76. The molecule has 1 fully saturated rings. The summed E-state index contributed by atoms with van der Waals surface area (Å²) < 4.78 is 12.7. The molecule has 0 aromatic carbocycles.